The highest BCUT2D eigenvalue weighted by atomic mass is 16.6. The number of anilines is 1. The van der Waals surface area contributed by atoms with Gasteiger partial charge in [-0.1, -0.05) is 48.5 Å². The van der Waals surface area contributed by atoms with E-state index in [-0.39, 0.29) is 12.4 Å². The SMILES string of the molecule is CC(=O)c1ccc(OCC(=O)OC(C)C(=O)Nc2ccccc2-c2ccccc2)cc1. The van der Waals surface area contributed by atoms with E-state index in [4.69, 9.17) is 9.47 Å². The number of benzene rings is 3. The smallest absolute Gasteiger partial charge is 0.344 e. The Labute approximate surface area is 180 Å². The Bertz CT molecular complexity index is 1060. The molecule has 31 heavy (non-hydrogen) atoms. The number of carbonyl (C=O) groups excluding carboxylic acids is 3. The van der Waals surface area contributed by atoms with E-state index in [2.05, 4.69) is 5.32 Å². The van der Waals surface area contributed by atoms with Gasteiger partial charge in [0.25, 0.3) is 5.91 Å². The molecule has 1 N–H and O–H groups in total. The minimum Gasteiger partial charge on any atom is -0.482 e. The lowest BCUT2D eigenvalue weighted by Crippen LogP contribution is -2.31. The number of hydrogen-bond acceptors (Lipinski definition) is 5. The fourth-order valence-electron chi connectivity index (χ4n) is 2.91. The molecule has 158 valence electrons. The first-order valence-electron chi connectivity index (χ1n) is 9.82. The molecule has 6 heteroatoms. The lowest BCUT2D eigenvalue weighted by atomic mass is 10.0. The van der Waals surface area contributed by atoms with Gasteiger partial charge in [-0.3, -0.25) is 9.59 Å². The number of carbonyl (C=O) groups is 3. The van der Waals surface area contributed by atoms with Crippen LogP contribution >= 0.6 is 0 Å². The van der Waals surface area contributed by atoms with Crippen LogP contribution in [0.2, 0.25) is 0 Å². The summed E-state index contributed by atoms with van der Waals surface area (Å²) in [6.07, 6.45) is -1.000. The van der Waals surface area contributed by atoms with Gasteiger partial charge < -0.3 is 14.8 Å². The summed E-state index contributed by atoms with van der Waals surface area (Å²) in [6, 6.07) is 23.5. The number of esters is 1. The van der Waals surface area contributed by atoms with E-state index in [0.717, 1.165) is 11.1 Å². The lowest BCUT2D eigenvalue weighted by molar-refractivity contribution is -0.155. The summed E-state index contributed by atoms with van der Waals surface area (Å²) in [5.41, 5.74) is 3.01. The van der Waals surface area contributed by atoms with Crippen LogP contribution in [-0.4, -0.2) is 30.4 Å². The first-order chi connectivity index (χ1) is 14.9. The van der Waals surface area contributed by atoms with Gasteiger partial charge in [-0.15, -0.1) is 0 Å². The lowest BCUT2D eigenvalue weighted by Gasteiger charge is -2.16. The molecular formula is C25H23NO5. The Morgan fingerprint density at radius 1 is 0.871 bits per heavy atom. The maximum atomic E-state index is 12.5. The van der Waals surface area contributed by atoms with E-state index >= 15 is 0 Å². The summed E-state index contributed by atoms with van der Waals surface area (Å²) >= 11 is 0. The van der Waals surface area contributed by atoms with Gasteiger partial charge in [0, 0.05) is 16.8 Å². The number of ether oxygens (including phenoxy) is 2. The zero-order chi connectivity index (χ0) is 22.2. The van der Waals surface area contributed by atoms with Crippen molar-refractivity contribution in [2.24, 2.45) is 0 Å². The molecule has 3 aromatic carbocycles. The molecule has 0 saturated carbocycles. The van der Waals surface area contributed by atoms with Gasteiger partial charge in [-0.2, -0.15) is 0 Å². The van der Waals surface area contributed by atoms with Crippen LogP contribution in [-0.2, 0) is 14.3 Å². The Balaban J connectivity index is 1.55. The minimum atomic E-state index is -1.000. The van der Waals surface area contributed by atoms with Crippen molar-refractivity contribution in [3.8, 4) is 16.9 Å². The Kier molecular flexibility index (Phi) is 7.17. The van der Waals surface area contributed by atoms with Crippen molar-refractivity contribution in [1.29, 1.82) is 0 Å². The number of hydrogen-bond donors (Lipinski definition) is 1. The molecule has 0 aliphatic carbocycles. The highest BCUT2D eigenvalue weighted by Gasteiger charge is 2.19. The van der Waals surface area contributed by atoms with E-state index in [1.807, 2.05) is 48.5 Å². The van der Waals surface area contributed by atoms with Gasteiger partial charge in [0.2, 0.25) is 0 Å². The topological polar surface area (TPSA) is 81.7 Å². The summed E-state index contributed by atoms with van der Waals surface area (Å²) in [6.45, 7) is 2.62. The minimum absolute atomic E-state index is 0.0559. The zero-order valence-electron chi connectivity index (χ0n) is 17.3. The van der Waals surface area contributed by atoms with Crippen molar-refractivity contribution in [2.45, 2.75) is 20.0 Å². The molecule has 0 bridgehead atoms. The number of amides is 1. The molecule has 6 nitrogen and oxygen atoms in total. The van der Waals surface area contributed by atoms with Gasteiger partial charge in [0.15, 0.2) is 18.5 Å². The van der Waals surface area contributed by atoms with Crippen LogP contribution in [0.3, 0.4) is 0 Å². The molecule has 0 spiro atoms. The summed E-state index contributed by atoms with van der Waals surface area (Å²) in [7, 11) is 0. The third-order valence-electron chi connectivity index (χ3n) is 4.56. The normalized spacial score (nSPS) is 11.3. The first-order valence-corrected chi connectivity index (χ1v) is 9.82. The van der Waals surface area contributed by atoms with E-state index in [1.54, 1.807) is 30.3 Å². The van der Waals surface area contributed by atoms with Crippen LogP contribution in [0.4, 0.5) is 5.69 Å². The van der Waals surface area contributed by atoms with Crippen LogP contribution in [0.25, 0.3) is 11.1 Å². The van der Waals surface area contributed by atoms with Crippen molar-refractivity contribution in [2.75, 3.05) is 11.9 Å². The molecule has 0 aliphatic rings. The molecule has 0 radical (unpaired) electrons. The van der Waals surface area contributed by atoms with Crippen LogP contribution in [0, 0.1) is 0 Å². The van der Waals surface area contributed by atoms with E-state index in [0.29, 0.717) is 17.0 Å². The number of Topliss-reactive ketones (excluding diaryl/α,β-unsaturated/α-hetero) is 1. The molecule has 1 amide bonds. The molecule has 0 aliphatic heterocycles. The highest BCUT2D eigenvalue weighted by Crippen LogP contribution is 2.27. The van der Waals surface area contributed by atoms with E-state index in [9.17, 15) is 14.4 Å². The van der Waals surface area contributed by atoms with E-state index in [1.165, 1.54) is 13.8 Å². The molecule has 3 aromatic rings. The van der Waals surface area contributed by atoms with Gasteiger partial charge in [0.05, 0.1) is 0 Å². The second-order valence-electron chi connectivity index (χ2n) is 6.90. The summed E-state index contributed by atoms with van der Waals surface area (Å²) in [5, 5.41) is 2.82. The standard InChI is InChI=1S/C25H23NO5/c1-17(27)19-12-14-21(15-13-19)30-16-24(28)31-18(2)25(29)26-23-11-7-6-10-22(23)20-8-4-3-5-9-20/h3-15,18H,16H2,1-2H3,(H,26,29). The molecule has 0 aromatic heterocycles. The molecule has 0 saturated heterocycles. The zero-order valence-corrected chi connectivity index (χ0v) is 17.3. The van der Waals surface area contributed by atoms with Crippen molar-refractivity contribution in [3.05, 3.63) is 84.4 Å². The monoisotopic (exact) mass is 417 g/mol. The second kappa shape index (κ2) is 10.2. The van der Waals surface area contributed by atoms with Gasteiger partial charge in [-0.05, 0) is 49.7 Å². The largest absolute Gasteiger partial charge is 0.482 e. The molecule has 1 atom stereocenters. The maximum Gasteiger partial charge on any atom is 0.344 e. The molecule has 3 rings (SSSR count). The molecule has 1 unspecified atom stereocenters. The second-order valence-corrected chi connectivity index (χ2v) is 6.90. The summed E-state index contributed by atoms with van der Waals surface area (Å²) in [4.78, 5) is 35.9. The number of rotatable bonds is 8. The summed E-state index contributed by atoms with van der Waals surface area (Å²) < 4.78 is 10.5. The Morgan fingerprint density at radius 2 is 1.52 bits per heavy atom. The third-order valence-corrected chi connectivity index (χ3v) is 4.56. The maximum absolute atomic E-state index is 12.5. The van der Waals surface area contributed by atoms with Gasteiger partial charge in [-0.25, -0.2) is 4.79 Å². The third kappa shape index (κ3) is 6.02. The fourth-order valence-corrected chi connectivity index (χ4v) is 2.91. The van der Waals surface area contributed by atoms with Crippen LogP contribution in [0.1, 0.15) is 24.2 Å². The van der Waals surface area contributed by atoms with Crippen LogP contribution in [0.5, 0.6) is 5.75 Å². The molecule has 0 fully saturated rings. The average molecular weight is 417 g/mol. The van der Waals surface area contributed by atoms with Crippen molar-refractivity contribution < 1.29 is 23.9 Å². The number of para-hydroxylation sites is 1. The van der Waals surface area contributed by atoms with Crippen LogP contribution in [0.15, 0.2) is 78.9 Å². The van der Waals surface area contributed by atoms with Crippen molar-refractivity contribution in [3.63, 3.8) is 0 Å². The van der Waals surface area contributed by atoms with E-state index < -0.39 is 18.0 Å². The predicted molar refractivity (Wildman–Crippen MR) is 118 cm³/mol. The number of nitrogens with one attached hydrogen (secondary N) is 1. The molecular weight excluding hydrogens is 394 g/mol. The summed E-state index contributed by atoms with van der Waals surface area (Å²) in [5.74, 6) is -0.743. The van der Waals surface area contributed by atoms with Gasteiger partial charge >= 0.3 is 5.97 Å². The predicted octanol–water partition coefficient (Wildman–Crippen LogP) is 4.51. The average Bonchev–Trinajstić information content (AvgIpc) is 2.79. The Hall–Kier alpha value is -3.93. The quantitative estimate of drug-likeness (QED) is 0.431. The Morgan fingerprint density at radius 3 is 2.19 bits per heavy atom. The first kappa shape index (κ1) is 21.8. The number of ketones is 1. The van der Waals surface area contributed by atoms with Crippen LogP contribution < -0.4 is 10.1 Å². The fraction of sp³-hybridized carbons (Fsp3) is 0.160. The van der Waals surface area contributed by atoms with Gasteiger partial charge in [0.1, 0.15) is 5.75 Å². The highest BCUT2D eigenvalue weighted by molar-refractivity contribution is 5.98. The van der Waals surface area contributed by atoms with Crippen molar-refractivity contribution in [1.82, 2.24) is 0 Å². The van der Waals surface area contributed by atoms with Crippen molar-refractivity contribution >= 4 is 23.3 Å². The molecule has 0 heterocycles.